The molecule has 2 N–H and O–H groups in total. The van der Waals surface area contributed by atoms with Crippen LogP contribution in [0, 0.1) is 0 Å². The highest BCUT2D eigenvalue weighted by molar-refractivity contribution is 7.88. The molecule has 1 atom stereocenters. The lowest BCUT2D eigenvalue weighted by molar-refractivity contribution is 0.287. The first-order chi connectivity index (χ1) is 13.8. The van der Waals surface area contributed by atoms with Crippen molar-refractivity contribution in [2.75, 3.05) is 46.2 Å². The largest absolute Gasteiger partial charge is 0.490 e. The number of benzene rings is 1. The molecule has 0 saturated carbocycles. The Labute approximate surface area is 175 Å². The number of nitrogens with zero attached hydrogens (tertiary/aromatic N) is 2. The first kappa shape index (κ1) is 25.0. The Hall–Kier alpha value is -2.00. The van der Waals surface area contributed by atoms with Crippen molar-refractivity contribution in [3.05, 3.63) is 23.8 Å². The van der Waals surface area contributed by atoms with E-state index in [1.54, 1.807) is 7.05 Å². The molecule has 1 aromatic rings. The molecule has 0 aliphatic rings. The number of nitrogens with one attached hydrogen (secondary N) is 2. The first-order valence-electron chi connectivity index (χ1n) is 10.1. The van der Waals surface area contributed by atoms with Crippen LogP contribution in [-0.2, 0) is 10.0 Å². The molecule has 0 amide bonds. The number of ether oxygens (including phenoxy) is 2. The van der Waals surface area contributed by atoms with E-state index < -0.39 is 10.0 Å². The maximum absolute atomic E-state index is 11.6. The van der Waals surface area contributed by atoms with Crippen LogP contribution in [0.4, 0.5) is 0 Å². The molecule has 0 saturated heterocycles. The molecule has 8 nitrogen and oxygen atoms in total. The van der Waals surface area contributed by atoms with Crippen molar-refractivity contribution in [2.24, 2.45) is 4.99 Å². The summed E-state index contributed by atoms with van der Waals surface area (Å²) in [4.78, 5) is 4.25. The molecule has 0 heterocycles. The lowest BCUT2D eigenvalue weighted by atomic mass is 10.1. The maximum atomic E-state index is 11.6. The van der Waals surface area contributed by atoms with E-state index in [0.29, 0.717) is 45.2 Å². The molecule has 0 radical (unpaired) electrons. The van der Waals surface area contributed by atoms with Crippen LogP contribution in [0.5, 0.6) is 11.5 Å². The van der Waals surface area contributed by atoms with Crippen molar-refractivity contribution in [1.29, 1.82) is 0 Å². The van der Waals surface area contributed by atoms with Crippen LogP contribution in [0.1, 0.15) is 45.7 Å². The minimum absolute atomic E-state index is 0.000701. The van der Waals surface area contributed by atoms with Crippen LogP contribution in [0.3, 0.4) is 0 Å². The first-order valence-corrected chi connectivity index (χ1v) is 11.9. The standard InChI is InChI=1S/C20H36N4O4S/c1-7-24(29(6,25)26)14-10-13-22-20(21-5)23-16(4)17-11-12-18(27-8-2)19(15-17)28-9-3/h11-12,15-16H,7-10,13-14H2,1-6H3,(H2,21,22,23). The van der Waals surface area contributed by atoms with E-state index >= 15 is 0 Å². The minimum Gasteiger partial charge on any atom is -0.490 e. The SMILES string of the molecule is CCOc1ccc(C(C)NC(=NC)NCCCN(CC)S(C)(=O)=O)cc1OCC. The quantitative estimate of drug-likeness (QED) is 0.302. The predicted octanol–water partition coefficient (Wildman–Crippen LogP) is 2.38. The maximum Gasteiger partial charge on any atom is 0.211 e. The number of hydrogen-bond acceptors (Lipinski definition) is 5. The molecule has 0 aliphatic carbocycles. The van der Waals surface area contributed by atoms with Crippen molar-refractivity contribution in [1.82, 2.24) is 14.9 Å². The highest BCUT2D eigenvalue weighted by Crippen LogP contribution is 2.30. The lowest BCUT2D eigenvalue weighted by Crippen LogP contribution is -2.40. The molecule has 29 heavy (non-hydrogen) atoms. The summed E-state index contributed by atoms with van der Waals surface area (Å²) in [7, 11) is -1.45. The van der Waals surface area contributed by atoms with Crippen LogP contribution in [0.2, 0.25) is 0 Å². The summed E-state index contributed by atoms with van der Waals surface area (Å²) in [6, 6.07) is 5.90. The van der Waals surface area contributed by atoms with Crippen molar-refractivity contribution < 1.29 is 17.9 Å². The molecule has 0 aliphatic heterocycles. The van der Waals surface area contributed by atoms with E-state index in [4.69, 9.17) is 9.47 Å². The van der Waals surface area contributed by atoms with Gasteiger partial charge < -0.3 is 20.1 Å². The van der Waals surface area contributed by atoms with E-state index in [9.17, 15) is 8.42 Å². The van der Waals surface area contributed by atoms with Gasteiger partial charge in [0.15, 0.2) is 17.5 Å². The Kier molecular flexibility index (Phi) is 10.8. The summed E-state index contributed by atoms with van der Waals surface area (Å²) in [5.41, 5.74) is 1.05. The Bertz CT molecular complexity index is 753. The fraction of sp³-hybridized carbons (Fsp3) is 0.650. The van der Waals surface area contributed by atoms with Gasteiger partial charge >= 0.3 is 0 Å². The molecule has 1 aromatic carbocycles. The third-order valence-electron chi connectivity index (χ3n) is 4.34. The van der Waals surface area contributed by atoms with Crippen LogP contribution in [0.15, 0.2) is 23.2 Å². The zero-order valence-corrected chi connectivity index (χ0v) is 19.3. The summed E-state index contributed by atoms with van der Waals surface area (Å²) in [5.74, 6) is 2.12. The summed E-state index contributed by atoms with van der Waals surface area (Å²) in [6.45, 7) is 10.5. The van der Waals surface area contributed by atoms with Crippen molar-refractivity contribution >= 4 is 16.0 Å². The van der Waals surface area contributed by atoms with Gasteiger partial charge in [0.1, 0.15) is 0 Å². The lowest BCUT2D eigenvalue weighted by Gasteiger charge is -2.21. The van der Waals surface area contributed by atoms with Crippen LogP contribution in [-0.4, -0.2) is 64.8 Å². The third-order valence-corrected chi connectivity index (χ3v) is 5.72. The third kappa shape index (κ3) is 8.49. The highest BCUT2D eigenvalue weighted by Gasteiger charge is 2.14. The Balaban J connectivity index is 2.64. The molecule has 166 valence electrons. The highest BCUT2D eigenvalue weighted by atomic mass is 32.2. The van der Waals surface area contributed by atoms with Gasteiger partial charge in [-0.2, -0.15) is 0 Å². The van der Waals surface area contributed by atoms with Crippen molar-refractivity contribution in [2.45, 2.75) is 40.2 Å². The van der Waals surface area contributed by atoms with Gasteiger partial charge in [-0.25, -0.2) is 12.7 Å². The average molecular weight is 429 g/mol. The number of guanidine groups is 1. The number of rotatable bonds is 12. The van der Waals surface area contributed by atoms with E-state index in [-0.39, 0.29) is 6.04 Å². The van der Waals surface area contributed by atoms with Crippen molar-refractivity contribution in [3.8, 4) is 11.5 Å². The van der Waals surface area contributed by atoms with Gasteiger partial charge in [-0.3, -0.25) is 4.99 Å². The van der Waals surface area contributed by atoms with Gasteiger partial charge in [0, 0.05) is 26.7 Å². The summed E-state index contributed by atoms with van der Waals surface area (Å²) in [6.07, 6.45) is 1.92. The average Bonchev–Trinajstić information content (AvgIpc) is 2.67. The smallest absolute Gasteiger partial charge is 0.211 e. The van der Waals surface area contributed by atoms with Gasteiger partial charge in [0.05, 0.1) is 25.5 Å². The molecule has 1 rings (SSSR count). The Morgan fingerprint density at radius 3 is 2.38 bits per heavy atom. The molecule has 9 heteroatoms. The minimum atomic E-state index is -3.16. The molecule has 0 spiro atoms. The second kappa shape index (κ2) is 12.5. The van der Waals surface area contributed by atoms with E-state index in [1.165, 1.54) is 10.6 Å². The van der Waals surface area contributed by atoms with Gasteiger partial charge in [0.2, 0.25) is 10.0 Å². The van der Waals surface area contributed by atoms with Gasteiger partial charge in [-0.05, 0) is 44.9 Å². The molecule has 1 unspecified atom stereocenters. The fourth-order valence-electron chi connectivity index (χ4n) is 2.84. The zero-order valence-electron chi connectivity index (χ0n) is 18.5. The summed E-state index contributed by atoms with van der Waals surface area (Å²) >= 11 is 0. The van der Waals surface area contributed by atoms with Crippen LogP contribution >= 0.6 is 0 Å². The number of sulfonamides is 1. The molecule has 0 fully saturated rings. The van der Waals surface area contributed by atoms with Crippen LogP contribution < -0.4 is 20.1 Å². The van der Waals surface area contributed by atoms with E-state index in [0.717, 1.165) is 17.1 Å². The monoisotopic (exact) mass is 428 g/mol. The normalized spacial score (nSPS) is 13.3. The van der Waals surface area contributed by atoms with Gasteiger partial charge in [-0.15, -0.1) is 0 Å². The Morgan fingerprint density at radius 1 is 1.17 bits per heavy atom. The zero-order chi connectivity index (χ0) is 21.9. The predicted molar refractivity (Wildman–Crippen MR) is 118 cm³/mol. The summed E-state index contributed by atoms with van der Waals surface area (Å²) < 4.78 is 36.1. The topological polar surface area (TPSA) is 92.3 Å². The molecule has 0 bridgehead atoms. The molecule has 0 aromatic heterocycles. The molecular weight excluding hydrogens is 392 g/mol. The van der Waals surface area contributed by atoms with E-state index in [2.05, 4.69) is 15.6 Å². The van der Waals surface area contributed by atoms with Gasteiger partial charge in [0.25, 0.3) is 0 Å². The molecular formula is C20H36N4O4S. The van der Waals surface area contributed by atoms with Crippen LogP contribution in [0.25, 0.3) is 0 Å². The Morgan fingerprint density at radius 2 is 1.83 bits per heavy atom. The second-order valence-corrected chi connectivity index (χ2v) is 8.53. The number of aliphatic imine (C=N–C) groups is 1. The fourth-order valence-corrected chi connectivity index (χ4v) is 3.77. The van der Waals surface area contributed by atoms with Gasteiger partial charge in [-0.1, -0.05) is 13.0 Å². The van der Waals surface area contributed by atoms with E-state index in [1.807, 2.05) is 45.9 Å². The summed E-state index contributed by atoms with van der Waals surface area (Å²) in [5, 5.41) is 6.58. The van der Waals surface area contributed by atoms with Crippen molar-refractivity contribution in [3.63, 3.8) is 0 Å². The number of hydrogen-bond donors (Lipinski definition) is 2. The second-order valence-electron chi connectivity index (χ2n) is 6.55.